The van der Waals surface area contributed by atoms with Crippen LogP contribution in [0.2, 0.25) is 0 Å². The molecule has 0 bridgehead atoms. The van der Waals surface area contributed by atoms with Crippen molar-refractivity contribution in [1.82, 2.24) is 9.97 Å². The number of aryl methyl sites for hydroxylation is 2. The van der Waals surface area contributed by atoms with Crippen LogP contribution in [0.1, 0.15) is 61.0 Å². The number of aromatic nitrogens is 2. The van der Waals surface area contributed by atoms with E-state index in [1.54, 1.807) is 0 Å². The van der Waals surface area contributed by atoms with Gasteiger partial charge < -0.3 is 11.1 Å². The highest BCUT2D eigenvalue weighted by atomic mass is 16.1. The molecule has 0 spiro atoms. The van der Waals surface area contributed by atoms with Crippen molar-refractivity contribution in [1.29, 1.82) is 0 Å². The van der Waals surface area contributed by atoms with Crippen molar-refractivity contribution in [3.05, 3.63) is 71.0 Å². The summed E-state index contributed by atoms with van der Waals surface area (Å²) in [6.45, 7) is 0. The third kappa shape index (κ3) is 4.52. The zero-order valence-corrected chi connectivity index (χ0v) is 18.4. The second kappa shape index (κ2) is 9.11. The summed E-state index contributed by atoms with van der Waals surface area (Å²) in [5, 5.41) is 3.13. The van der Waals surface area contributed by atoms with E-state index in [0.717, 1.165) is 59.6 Å². The first kappa shape index (κ1) is 20.7. The number of benzene rings is 2. The maximum atomic E-state index is 12.9. The minimum Gasteiger partial charge on any atom is -0.399 e. The fraction of sp³-hybridized carbons (Fsp3) is 0.370. The summed E-state index contributed by atoms with van der Waals surface area (Å²) in [7, 11) is 0. The summed E-state index contributed by atoms with van der Waals surface area (Å²) in [5.74, 6) is 1.17. The Kier molecular flexibility index (Phi) is 5.89. The summed E-state index contributed by atoms with van der Waals surface area (Å²) >= 11 is 0. The third-order valence-corrected chi connectivity index (χ3v) is 6.73. The first-order valence-electron chi connectivity index (χ1n) is 11.8. The molecule has 0 atom stereocenters. The minimum atomic E-state index is 0.0597. The number of carbonyl (C=O) groups is 1. The van der Waals surface area contributed by atoms with Crippen molar-refractivity contribution in [3.8, 4) is 11.3 Å². The van der Waals surface area contributed by atoms with E-state index in [9.17, 15) is 4.79 Å². The van der Waals surface area contributed by atoms with Gasteiger partial charge in [0.1, 0.15) is 0 Å². The summed E-state index contributed by atoms with van der Waals surface area (Å²) in [6, 6.07) is 16.2. The number of nitrogens with zero attached hydrogens (tertiary/aromatic N) is 2. The lowest BCUT2D eigenvalue weighted by Gasteiger charge is -2.23. The molecule has 2 aliphatic carbocycles. The Labute approximate surface area is 189 Å². The Bertz CT molecular complexity index is 1120. The topological polar surface area (TPSA) is 80.9 Å². The molecule has 164 valence electrons. The molecule has 32 heavy (non-hydrogen) atoms. The lowest BCUT2D eigenvalue weighted by molar-refractivity contribution is -0.117. The van der Waals surface area contributed by atoms with Crippen LogP contribution in [0.15, 0.2) is 48.5 Å². The maximum Gasteiger partial charge on any atom is 0.225 e. The number of nitrogens with one attached hydrogen (secondary N) is 1. The zero-order valence-electron chi connectivity index (χ0n) is 18.4. The molecule has 3 N–H and O–H groups in total. The average Bonchev–Trinajstić information content (AvgIpc) is 2.80. The molecule has 3 aromatic rings. The van der Waals surface area contributed by atoms with Gasteiger partial charge in [0.25, 0.3) is 0 Å². The first-order chi connectivity index (χ1) is 15.7. The van der Waals surface area contributed by atoms with Crippen LogP contribution in [-0.4, -0.2) is 15.9 Å². The van der Waals surface area contributed by atoms with Crippen molar-refractivity contribution < 1.29 is 4.79 Å². The fourth-order valence-electron chi connectivity index (χ4n) is 5.05. The quantitative estimate of drug-likeness (QED) is 0.541. The smallest absolute Gasteiger partial charge is 0.225 e. The Hall–Kier alpha value is -3.21. The highest BCUT2D eigenvalue weighted by Gasteiger charge is 2.24. The van der Waals surface area contributed by atoms with Crippen molar-refractivity contribution in [2.75, 3.05) is 11.1 Å². The monoisotopic (exact) mass is 426 g/mol. The predicted octanol–water partition coefficient (Wildman–Crippen LogP) is 5.32. The van der Waals surface area contributed by atoms with Crippen LogP contribution in [0.5, 0.6) is 0 Å². The minimum absolute atomic E-state index is 0.0597. The van der Waals surface area contributed by atoms with Crippen LogP contribution in [0.25, 0.3) is 11.3 Å². The molecule has 1 saturated carbocycles. The highest BCUT2D eigenvalue weighted by molar-refractivity contribution is 5.90. The van der Waals surface area contributed by atoms with Gasteiger partial charge in [-0.2, -0.15) is 0 Å². The van der Waals surface area contributed by atoms with Crippen molar-refractivity contribution >= 4 is 17.4 Å². The molecule has 0 saturated heterocycles. The van der Waals surface area contributed by atoms with Crippen molar-refractivity contribution in [2.45, 2.75) is 57.8 Å². The highest BCUT2D eigenvalue weighted by Crippen LogP contribution is 2.34. The van der Waals surface area contributed by atoms with Gasteiger partial charge in [0, 0.05) is 24.1 Å². The van der Waals surface area contributed by atoms with Gasteiger partial charge in [-0.05, 0) is 54.9 Å². The molecular weight excluding hydrogens is 396 g/mol. The molecule has 1 heterocycles. The number of nitrogens with two attached hydrogens (primary N) is 1. The molecule has 2 aromatic carbocycles. The number of hydrogen-bond acceptors (Lipinski definition) is 4. The van der Waals surface area contributed by atoms with E-state index in [0.29, 0.717) is 24.6 Å². The second-order valence-electron chi connectivity index (χ2n) is 9.15. The van der Waals surface area contributed by atoms with Crippen LogP contribution in [0, 0.1) is 5.92 Å². The van der Waals surface area contributed by atoms with Gasteiger partial charge in [0.2, 0.25) is 5.91 Å². The molecule has 0 aliphatic heterocycles. The Balaban J connectivity index is 1.47. The number of hydrogen-bond donors (Lipinski definition) is 2. The van der Waals surface area contributed by atoms with E-state index < -0.39 is 0 Å². The van der Waals surface area contributed by atoms with Gasteiger partial charge in [0.15, 0.2) is 5.82 Å². The van der Waals surface area contributed by atoms with E-state index >= 15 is 0 Å². The number of amides is 1. The Morgan fingerprint density at radius 1 is 1.00 bits per heavy atom. The normalized spacial score (nSPS) is 15.6. The first-order valence-corrected chi connectivity index (χ1v) is 11.8. The summed E-state index contributed by atoms with van der Waals surface area (Å²) in [5.41, 5.74) is 12.9. The summed E-state index contributed by atoms with van der Waals surface area (Å²) in [4.78, 5) is 22.9. The van der Waals surface area contributed by atoms with Gasteiger partial charge >= 0.3 is 0 Å². The number of nitrogen functional groups attached to an aromatic ring is 1. The third-order valence-electron chi connectivity index (χ3n) is 6.73. The van der Waals surface area contributed by atoms with Crippen LogP contribution in [-0.2, 0) is 24.1 Å². The molecule has 0 unspecified atom stereocenters. The number of rotatable bonds is 5. The van der Waals surface area contributed by atoms with E-state index in [1.165, 1.54) is 24.8 Å². The summed E-state index contributed by atoms with van der Waals surface area (Å²) < 4.78 is 0. The molecular formula is C27H30N4O. The number of anilines is 2. The van der Waals surface area contributed by atoms with Crippen LogP contribution in [0.3, 0.4) is 0 Å². The lowest BCUT2D eigenvalue weighted by Crippen LogP contribution is -2.21. The van der Waals surface area contributed by atoms with Gasteiger partial charge in [-0.3, -0.25) is 4.79 Å². The van der Waals surface area contributed by atoms with E-state index in [1.807, 2.05) is 36.4 Å². The van der Waals surface area contributed by atoms with Gasteiger partial charge in [-0.25, -0.2) is 9.97 Å². The van der Waals surface area contributed by atoms with Crippen LogP contribution in [0.4, 0.5) is 11.5 Å². The van der Waals surface area contributed by atoms with E-state index in [4.69, 9.17) is 15.7 Å². The molecule has 1 fully saturated rings. The van der Waals surface area contributed by atoms with E-state index in [2.05, 4.69) is 17.4 Å². The van der Waals surface area contributed by atoms with Gasteiger partial charge in [-0.1, -0.05) is 55.7 Å². The average molecular weight is 427 g/mol. The molecule has 2 aliphatic rings. The number of fused-ring (bicyclic) bond motifs is 3. The Morgan fingerprint density at radius 3 is 2.62 bits per heavy atom. The lowest BCUT2D eigenvalue weighted by atomic mass is 9.87. The van der Waals surface area contributed by atoms with Crippen molar-refractivity contribution in [3.63, 3.8) is 0 Å². The maximum absolute atomic E-state index is 12.9. The van der Waals surface area contributed by atoms with Gasteiger partial charge in [-0.15, -0.1) is 0 Å². The second-order valence-corrected chi connectivity index (χ2v) is 9.15. The Morgan fingerprint density at radius 2 is 1.81 bits per heavy atom. The van der Waals surface area contributed by atoms with E-state index in [-0.39, 0.29) is 5.91 Å². The predicted molar refractivity (Wildman–Crippen MR) is 128 cm³/mol. The number of carbonyl (C=O) groups excluding carboxylic acids is 1. The largest absolute Gasteiger partial charge is 0.399 e. The molecule has 1 amide bonds. The zero-order chi connectivity index (χ0) is 21.9. The van der Waals surface area contributed by atoms with Crippen LogP contribution >= 0.6 is 0 Å². The van der Waals surface area contributed by atoms with Gasteiger partial charge in [0.05, 0.1) is 17.1 Å². The SMILES string of the molecule is Nc1ccc2c(c1)CCc1nc(NC(=O)CC3CCCCC3)c(Cc3ccccc3)nc1-2. The standard InChI is InChI=1S/C27H30N4O/c28-21-12-13-22-20(17-21)11-14-23-26(22)29-24(15-18-7-3-1-4-8-18)27(30-23)31-25(32)16-19-9-5-2-6-10-19/h1,3-4,7-8,12-13,17,19H,2,5-6,9-11,14-16,28H2,(H,30,31,32). The molecule has 5 nitrogen and oxygen atoms in total. The van der Waals surface area contributed by atoms with Crippen LogP contribution < -0.4 is 11.1 Å². The summed E-state index contributed by atoms with van der Waals surface area (Å²) in [6.07, 6.45) is 8.96. The fourth-order valence-corrected chi connectivity index (χ4v) is 5.05. The molecule has 5 heteroatoms. The van der Waals surface area contributed by atoms with Crippen molar-refractivity contribution in [2.24, 2.45) is 5.92 Å². The molecule has 1 aromatic heterocycles. The molecule has 0 radical (unpaired) electrons. The molecule has 5 rings (SSSR count).